The standard InChI is InChI=1S/C34H45N3O7/c1-2-3-4-5-6-7-8-10-25-13-15-26(16-14-25)44-24-23-43-22-21-42-20-19-35-28-12-9-11-27-31(28)34(41)37(33(27)40)29-17-18-30(38)36-32(29)39/h9,11-16,29,35H,2-8,10,17-24H2,1H3,(H,36,38,39). The quantitative estimate of drug-likeness (QED) is 0.161. The second kappa shape index (κ2) is 17.5. The van der Waals surface area contributed by atoms with E-state index >= 15 is 0 Å². The molecule has 0 radical (unpaired) electrons. The second-order valence-corrected chi connectivity index (χ2v) is 11.2. The van der Waals surface area contributed by atoms with Crippen molar-refractivity contribution in [2.75, 3.05) is 44.9 Å². The van der Waals surface area contributed by atoms with Crippen LogP contribution in [0.4, 0.5) is 5.69 Å². The molecule has 4 rings (SSSR count). The highest BCUT2D eigenvalue weighted by Crippen LogP contribution is 2.32. The topological polar surface area (TPSA) is 123 Å². The largest absolute Gasteiger partial charge is 0.491 e. The SMILES string of the molecule is CCCCCCCCCc1ccc(OCCOCCOCCNc2cccc3c2C(=O)N(C2CCC(=O)NC2=O)C3=O)cc1. The zero-order valence-electron chi connectivity index (χ0n) is 25.7. The van der Waals surface area contributed by atoms with Crippen molar-refractivity contribution < 1.29 is 33.4 Å². The number of aryl methyl sites for hydroxylation is 1. The molecule has 1 unspecified atom stereocenters. The van der Waals surface area contributed by atoms with Crippen LogP contribution in [0.15, 0.2) is 42.5 Å². The Bertz CT molecular complexity index is 1260. The maximum Gasteiger partial charge on any atom is 0.264 e. The Morgan fingerprint density at radius 2 is 1.52 bits per heavy atom. The van der Waals surface area contributed by atoms with Gasteiger partial charge in [0.05, 0.1) is 37.6 Å². The van der Waals surface area contributed by atoms with E-state index in [1.54, 1.807) is 18.2 Å². The number of unbranched alkanes of at least 4 members (excludes halogenated alkanes) is 6. The van der Waals surface area contributed by atoms with Crippen LogP contribution in [0.25, 0.3) is 0 Å². The van der Waals surface area contributed by atoms with E-state index in [1.165, 1.54) is 50.5 Å². The van der Waals surface area contributed by atoms with Crippen LogP contribution >= 0.6 is 0 Å². The van der Waals surface area contributed by atoms with Crippen LogP contribution < -0.4 is 15.4 Å². The van der Waals surface area contributed by atoms with E-state index in [-0.39, 0.29) is 24.0 Å². The summed E-state index contributed by atoms with van der Waals surface area (Å²) in [6.07, 6.45) is 10.5. The van der Waals surface area contributed by atoms with Crippen molar-refractivity contribution in [3.63, 3.8) is 0 Å². The Kier molecular flexibility index (Phi) is 13.2. The molecule has 10 nitrogen and oxygen atoms in total. The fourth-order valence-electron chi connectivity index (χ4n) is 5.50. The third kappa shape index (κ3) is 9.37. The Morgan fingerprint density at radius 1 is 0.818 bits per heavy atom. The smallest absolute Gasteiger partial charge is 0.264 e. The Morgan fingerprint density at radius 3 is 2.27 bits per heavy atom. The van der Waals surface area contributed by atoms with Crippen LogP contribution in [0.5, 0.6) is 5.75 Å². The van der Waals surface area contributed by atoms with Gasteiger partial charge in [-0.25, -0.2) is 0 Å². The normalized spacial score (nSPS) is 16.3. The number of piperidine rings is 1. The minimum Gasteiger partial charge on any atom is -0.491 e. The second-order valence-electron chi connectivity index (χ2n) is 11.2. The number of carbonyl (C=O) groups is 4. The number of nitrogens with one attached hydrogen (secondary N) is 2. The summed E-state index contributed by atoms with van der Waals surface area (Å²) < 4.78 is 17.0. The van der Waals surface area contributed by atoms with E-state index < -0.39 is 29.7 Å². The van der Waals surface area contributed by atoms with Gasteiger partial charge in [0.2, 0.25) is 11.8 Å². The van der Waals surface area contributed by atoms with Crippen molar-refractivity contribution in [2.45, 2.75) is 77.2 Å². The Hall–Kier alpha value is -3.76. The molecule has 0 aliphatic carbocycles. The third-order valence-corrected chi connectivity index (χ3v) is 7.89. The van der Waals surface area contributed by atoms with Crippen LogP contribution in [0.1, 0.15) is 91.0 Å². The summed E-state index contributed by atoms with van der Waals surface area (Å²) in [5.74, 6) is -1.27. The molecule has 10 heteroatoms. The molecule has 0 saturated carbocycles. The number of hydrogen-bond donors (Lipinski definition) is 2. The van der Waals surface area contributed by atoms with E-state index in [0.29, 0.717) is 45.3 Å². The minimum absolute atomic E-state index is 0.0796. The first-order valence-corrected chi connectivity index (χ1v) is 15.9. The van der Waals surface area contributed by atoms with Gasteiger partial charge in [-0.1, -0.05) is 63.6 Å². The van der Waals surface area contributed by atoms with E-state index in [0.717, 1.165) is 17.1 Å². The molecule has 0 bridgehead atoms. The van der Waals surface area contributed by atoms with Crippen LogP contribution in [0.3, 0.4) is 0 Å². The molecule has 1 fully saturated rings. The van der Waals surface area contributed by atoms with E-state index in [1.807, 2.05) is 12.1 Å². The van der Waals surface area contributed by atoms with Crippen molar-refractivity contribution in [2.24, 2.45) is 0 Å². The van der Waals surface area contributed by atoms with Gasteiger partial charge in [-0.2, -0.15) is 0 Å². The summed E-state index contributed by atoms with van der Waals surface area (Å²) in [5.41, 5.74) is 2.31. The molecule has 2 aliphatic rings. The summed E-state index contributed by atoms with van der Waals surface area (Å²) in [7, 11) is 0. The van der Waals surface area contributed by atoms with Gasteiger partial charge in [-0.15, -0.1) is 0 Å². The molecule has 44 heavy (non-hydrogen) atoms. The lowest BCUT2D eigenvalue weighted by Gasteiger charge is -2.27. The highest BCUT2D eigenvalue weighted by Gasteiger charge is 2.45. The molecule has 1 saturated heterocycles. The molecule has 238 valence electrons. The minimum atomic E-state index is -0.994. The molecule has 2 N–H and O–H groups in total. The maximum absolute atomic E-state index is 13.1. The number of imide groups is 2. The molecule has 2 heterocycles. The van der Waals surface area contributed by atoms with Crippen molar-refractivity contribution in [1.82, 2.24) is 10.2 Å². The predicted octanol–water partition coefficient (Wildman–Crippen LogP) is 4.91. The molecule has 0 aromatic heterocycles. The van der Waals surface area contributed by atoms with Crippen LogP contribution in [-0.4, -0.2) is 74.1 Å². The lowest BCUT2D eigenvalue weighted by Crippen LogP contribution is -2.54. The van der Waals surface area contributed by atoms with Gasteiger partial charge in [-0.05, 0) is 49.1 Å². The molecule has 0 spiro atoms. The first-order chi connectivity index (χ1) is 21.5. The number of carbonyl (C=O) groups excluding carboxylic acids is 4. The average Bonchev–Trinajstić information content (AvgIpc) is 3.28. The fraction of sp³-hybridized carbons (Fsp3) is 0.529. The maximum atomic E-state index is 13.1. The first-order valence-electron chi connectivity index (χ1n) is 15.9. The number of nitrogens with zero attached hydrogens (tertiary/aromatic N) is 1. The lowest BCUT2D eigenvalue weighted by molar-refractivity contribution is -0.136. The predicted molar refractivity (Wildman–Crippen MR) is 167 cm³/mol. The van der Waals surface area contributed by atoms with Gasteiger partial charge in [0.15, 0.2) is 0 Å². The average molecular weight is 608 g/mol. The highest BCUT2D eigenvalue weighted by atomic mass is 16.5. The molecular formula is C34H45N3O7. The Balaban J connectivity index is 1.06. The molecule has 4 amide bonds. The van der Waals surface area contributed by atoms with Crippen LogP contribution in [-0.2, 0) is 25.5 Å². The zero-order valence-corrected chi connectivity index (χ0v) is 25.7. The molecule has 2 aromatic carbocycles. The van der Waals surface area contributed by atoms with Crippen molar-refractivity contribution in [3.05, 3.63) is 59.2 Å². The van der Waals surface area contributed by atoms with Gasteiger partial charge in [0, 0.05) is 18.7 Å². The number of ether oxygens (including phenoxy) is 3. The van der Waals surface area contributed by atoms with Gasteiger partial charge in [0.1, 0.15) is 18.4 Å². The summed E-state index contributed by atoms with van der Waals surface area (Å²) in [6.45, 7) is 4.77. The van der Waals surface area contributed by atoms with Crippen molar-refractivity contribution >= 4 is 29.3 Å². The van der Waals surface area contributed by atoms with Gasteiger partial charge < -0.3 is 19.5 Å². The lowest BCUT2D eigenvalue weighted by atomic mass is 10.0. The number of amides is 4. The molecule has 1 atom stereocenters. The van der Waals surface area contributed by atoms with Gasteiger partial charge in [0.25, 0.3) is 11.8 Å². The van der Waals surface area contributed by atoms with Gasteiger partial charge >= 0.3 is 0 Å². The van der Waals surface area contributed by atoms with Crippen molar-refractivity contribution in [1.29, 1.82) is 0 Å². The number of fused-ring (bicyclic) bond motifs is 1. The molecule has 2 aliphatic heterocycles. The fourth-order valence-corrected chi connectivity index (χ4v) is 5.50. The molecular weight excluding hydrogens is 562 g/mol. The summed E-state index contributed by atoms with van der Waals surface area (Å²) >= 11 is 0. The van der Waals surface area contributed by atoms with E-state index in [2.05, 4.69) is 29.7 Å². The third-order valence-electron chi connectivity index (χ3n) is 7.89. The number of rotatable bonds is 20. The summed E-state index contributed by atoms with van der Waals surface area (Å²) in [6, 6.07) is 12.3. The van der Waals surface area contributed by atoms with E-state index in [9.17, 15) is 19.2 Å². The number of benzene rings is 2. The van der Waals surface area contributed by atoms with Crippen LogP contribution in [0.2, 0.25) is 0 Å². The zero-order chi connectivity index (χ0) is 31.1. The Labute approximate surface area is 259 Å². The van der Waals surface area contributed by atoms with E-state index in [4.69, 9.17) is 14.2 Å². The highest BCUT2D eigenvalue weighted by molar-refractivity contribution is 6.25. The first kappa shape index (κ1) is 33.1. The summed E-state index contributed by atoms with van der Waals surface area (Å²) in [4.78, 5) is 50.8. The molecule has 2 aromatic rings. The number of anilines is 1. The summed E-state index contributed by atoms with van der Waals surface area (Å²) in [5, 5.41) is 5.36. The van der Waals surface area contributed by atoms with Crippen molar-refractivity contribution in [3.8, 4) is 5.75 Å². The van der Waals surface area contributed by atoms with Crippen LogP contribution in [0, 0.1) is 0 Å². The monoisotopic (exact) mass is 607 g/mol. The van der Waals surface area contributed by atoms with Gasteiger partial charge in [-0.3, -0.25) is 29.4 Å². The number of hydrogen-bond acceptors (Lipinski definition) is 8.